The molecule has 2 nitrogen and oxygen atoms in total. The fourth-order valence-electron chi connectivity index (χ4n) is 4.03. The Morgan fingerprint density at radius 2 is 1.62 bits per heavy atom. The zero-order valence-electron chi connectivity index (χ0n) is 14.9. The highest BCUT2D eigenvalue weighted by molar-refractivity contribution is 5.27. The first-order valence-electron chi connectivity index (χ1n) is 9.04. The van der Waals surface area contributed by atoms with E-state index in [-0.39, 0.29) is 11.0 Å². The van der Waals surface area contributed by atoms with Gasteiger partial charge in [0.1, 0.15) is 0 Å². The van der Waals surface area contributed by atoms with Gasteiger partial charge in [0.2, 0.25) is 0 Å². The third kappa shape index (κ3) is 4.25. The van der Waals surface area contributed by atoms with E-state index in [0.29, 0.717) is 0 Å². The molecule has 0 radical (unpaired) electrons. The van der Waals surface area contributed by atoms with Crippen molar-refractivity contribution in [2.75, 3.05) is 13.2 Å². The molecule has 2 aromatic rings. The first kappa shape index (κ1) is 17.2. The minimum absolute atomic E-state index is 0.0481. The lowest BCUT2D eigenvalue weighted by molar-refractivity contribution is -0.0840. The summed E-state index contributed by atoms with van der Waals surface area (Å²) in [5, 5.41) is 3.63. The van der Waals surface area contributed by atoms with E-state index in [1.807, 2.05) is 0 Å². The molecule has 0 amide bonds. The molecule has 1 heterocycles. The molecule has 3 rings (SSSR count). The monoisotopic (exact) mass is 323 g/mol. The zero-order chi connectivity index (χ0) is 16.9. The van der Waals surface area contributed by atoms with E-state index in [9.17, 15) is 0 Å². The van der Waals surface area contributed by atoms with Crippen molar-refractivity contribution >= 4 is 0 Å². The van der Waals surface area contributed by atoms with Gasteiger partial charge in [0, 0.05) is 18.6 Å². The SMILES string of the molecule is CC1(C)C[C@@](CCNCc2ccccc2)(c2ccccc2)CCO1. The summed E-state index contributed by atoms with van der Waals surface area (Å²) in [5.41, 5.74) is 2.97. The Labute approximate surface area is 146 Å². The summed E-state index contributed by atoms with van der Waals surface area (Å²) in [4.78, 5) is 0. The summed E-state index contributed by atoms with van der Waals surface area (Å²) in [6, 6.07) is 21.6. The Bertz CT molecular complexity index is 623. The van der Waals surface area contributed by atoms with Crippen molar-refractivity contribution in [2.45, 2.75) is 50.7 Å². The third-order valence-electron chi connectivity index (χ3n) is 5.18. The van der Waals surface area contributed by atoms with E-state index in [1.54, 1.807) is 0 Å². The van der Waals surface area contributed by atoms with Crippen LogP contribution in [0.25, 0.3) is 0 Å². The standard InChI is InChI=1S/C22H29NO/c1-21(2)18-22(14-16-24-21,20-11-7-4-8-12-20)13-15-23-17-19-9-5-3-6-10-19/h3-12,23H,13-18H2,1-2H3/t22-/m0/s1. The molecule has 0 spiro atoms. The minimum Gasteiger partial charge on any atom is -0.376 e. The highest BCUT2D eigenvalue weighted by Crippen LogP contribution is 2.43. The molecule has 2 heteroatoms. The van der Waals surface area contributed by atoms with Gasteiger partial charge in [0.05, 0.1) is 5.60 Å². The summed E-state index contributed by atoms with van der Waals surface area (Å²) >= 11 is 0. The van der Waals surface area contributed by atoms with Gasteiger partial charge in [-0.1, -0.05) is 60.7 Å². The second-order valence-electron chi connectivity index (χ2n) is 7.59. The predicted molar refractivity (Wildman–Crippen MR) is 100 cm³/mol. The van der Waals surface area contributed by atoms with Crippen molar-refractivity contribution in [1.29, 1.82) is 0 Å². The van der Waals surface area contributed by atoms with Crippen LogP contribution in [-0.4, -0.2) is 18.8 Å². The van der Waals surface area contributed by atoms with Crippen LogP contribution in [0.1, 0.15) is 44.2 Å². The molecule has 0 bridgehead atoms. The van der Waals surface area contributed by atoms with Crippen molar-refractivity contribution in [3.8, 4) is 0 Å². The number of ether oxygens (including phenoxy) is 1. The molecule has 1 saturated heterocycles. The molecule has 1 N–H and O–H groups in total. The average Bonchev–Trinajstić information content (AvgIpc) is 2.60. The summed E-state index contributed by atoms with van der Waals surface area (Å²) < 4.78 is 6.00. The lowest BCUT2D eigenvalue weighted by atomic mass is 9.67. The Balaban J connectivity index is 1.67. The molecule has 0 aliphatic carbocycles. The maximum atomic E-state index is 6.00. The number of hydrogen-bond donors (Lipinski definition) is 1. The number of rotatable bonds is 6. The Morgan fingerprint density at radius 1 is 0.958 bits per heavy atom. The molecule has 128 valence electrons. The third-order valence-corrected chi connectivity index (χ3v) is 5.18. The summed E-state index contributed by atoms with van der Waals surface area (Å²) in [6.07, 6.45) is 3.33. The van der Waals surface area contributed by atoms with Crippen LogP contribution in [0.2, 0.25) is 0 Å². The van der Waals surface area contributed by atoms with Crippen LogP contribution in [0.4, 0.5) is 0 Å². The van der Waals surface area contributed by atoms with Gasteiger partial charge >= 0.3 is 0 Å². The lowest BCUT2D eigenvalue weighted by Crippen LogP contribution is -2.45. The summed E-state index contributed by atoms with van der Waals surface area (Å²) in [6.45, 7) is 7.26. The first-order valence-corrected chi connectivity index (χ1v) is 9.04. The van der Waals surface area contributed by atoms with Gasteiger partial charge in [0.25, 0.3) is 0 Å². The van der Waals surface area contributed by atoms with Gasteiger partial charge in [-0.15, -0.1) is 0 Å². The van der Waals surface area contributed by atoms with Gasteiger partial charge in [0.15, 0.2) is 0 Å². The highest BCUT2D eigenvalue weighted by atomic mass is 16.5. The molecular formula is C22H29NO. The number of nitrogens with one attached hydrogen (secondary N) is 1. The predicted octanol–water partition coefficient (Wildman–Crippen LogP) is 4.69. The lowest BCUT2D eigenvalue weighted by Gasteiger charge is -2.45. The van der Waals surface area contributed by atoms with Crippen LogP contribution in [-0.2, 0) is 16.7 Å². The Morgan fingerprint density at radius 3 is 2.29 bits per heavy atom. The second kappa shape index (κ2) is 7.50. The fraction of sp³-hybridized carbons (Fsp3) is 0.455. The summed E-state index contributed by atoms with van der Waals surface area (Å²) in [7, 11) is 0. The van der Waals surface area contributed by atoms with Crippen molar-refractivity contribution in [3.63, 3.8) is 0 Å². The van der Waals surface area contributed by atoms with Crippen LogP contribution in [0, 0.1) is 0 Å². The number of benzene rings is 2. The molecule has 1 atom stereocenters. The molecule has 1 aliphatic rings. The van der Waals surface area contributed by atoms with Crippen LogP contribution in [0.3, 0.4) is 0 Å². The topological polar surface area (TPSA) is 21.3 Å². The molecule has 1 aliphatic heterocycles. The number of hydrogen-bond acceptors (Lipinski definition) is 2. The zero-order valence-corrected chi connectivity index (χ0v) is 14.9. The molecule has 0 aromatic heterocycles. The maximum absolute atomic E-state index is 6.00. The second-order valence-corrected chi connectivity index (χ2v) is 7.59. The van der Waals surface area contributed by atoms with E-state index in [2.05, 4.69) is 79.8 Å². The quantitative estimate of drug-likeness (QED) is 0.779. The van der Waals surface area contributed by atoms with Crippen molar-refractivity contribution in [2.24, 2.45) is 0 Å². The van der Waals surface area contributed by atoms with E-state index >= 15 is 0 Å². The fourth-order valence-corrected chi connectivity index (χ4v) is 4.03. The van der Waals surface area contributed by atoms with Gasteiger partial charge in [-0.3, -0.25) is 0 Å². The smallest absolute Gasteiger partial charge is 0.0635 e. The molecular weight excluding hydrogens is 294 g/mol. The van der Waals surface area contributed by atoms with Crippen molar-refractivity contribution in [3.05, 3.63) is 71.8 Å². The largest absolute Gasteiger partial charge is 0.376 e. The van der Waals surface area contributed by atoms with Crippen molar-refractivity contribution < 1.29 is 4.74 Å². The van der Waals surface area contributed by atoms with Crippen LogP contribution >= 0.6 is 0 Å². The maximum Gasteiger partial charge on any atom is 0.0635 e. The van der Waals surface area contributed by atoms with E-state index in [0.717, 1.165) is 39.0 Å². The molecule has 0 unspecified atom stereocenters. The Kier molecular flexibility index (Phi) is 5.37. The van der Waals surface area contributed by atoms with Gasteiger partial charge in [-0.05, 0) is 50.8 Å². The van der Waals surface area contributed by atoms with Gasteiger partial charge in [-0.2, -0.15) is 0 Å². The van der Waals surface area contributed by atoms with Gasteiger partial charge in [-0.25, -0.2) is 0 Å². The normalized spacial score (nSPS) is 23.1. The Hall–Kier alpha value is -1.64. The molecule has 0 saturated carbocycles. The summed E-state index contributed by atoms with van der Waals surface area (Å²) in [5.74, 6) is 0. The van der Waals surface area contributed by atoms with Crippen LogP contribution in [0.15, 0.2) is 60.7 Å². The van der Waals surface area contributed by atoms with Crippen LogP contribution < -0.4 is 5.32 Å². The van der Waals surface area contributed by atoms with Crippen LogP contribution in [0.5, 0.6) is 0 Å². The van der Waals surface area contributed by atoms with E-state index < -0.39 is 0 Å². The molecule has 2 aromatic carbocycles. The van der Waals surface area contributed by atoms with Crippen molar-refractivity contribution in [1.82, 2.24) is 5.32 Å². The highest BCUT2D eigenvalue weighted by Gasteiger charge is 2.41. The van der Waals surface area contributed by atoms with E-state index in [4.69, 9.17) is 4.74 Å². The van der Waals surface area contributed by atoms with E-state index in [1.165, 1.54) is 11.1 Å². The molecule has 1 fully saturated rings. The minimum atomic E-state index is -0.0481. The molecule has 24 heavy (non-hydrogen) atoms. The van der Waals surface area contributed by atoms with Gasteiger partial charge < -0.3 is 10.1 Å². The average molecular weight is 323 g/mol. The first-order chi connectivity index (χ1) is 11.6.